The molecule has 1 aromatic rings. The first-order valence-electron chi connectivity index (χ1n) is 6.12. The molecule has 1 nitrogen and oxygen atoms in total. The topological polar surface area (TPSA) is 12.0 Å². The van der Waals surface area contributed by atoms with E-state index in [1.165, 1.54) is 28.7 Å². The van der Waals surface area contributed by atoms with Crippen LogP contribution in [0.3, 0.4) is 0 Å². The second-order valence-corrected chi connectivity index (χ2v) is 5.07. The molecule has 1 N–H and O–H groups in total. The van der Waals surface area contributed by atoms with Crippen LogP contribution in [0, 0.1) is 5.92 Å². The van der Waals surface area contributed by atoms with Crippen LogP contribution in [0.25, 0.3) is 6.08 Å². The minimum Gasteiger partial charge on any atom is -0.319 e. The molecule has 1 unspecified atom stereocenters. The average molecular weight is 215 g/mol. The largest absolute Gasteiger partial charge is 0.319 e. The van der Waals surface area contributed by atoms with Gasteiger partial charge in [-0.05, 0) is 56.0 Å². The van der Waals surface area contributed by atoms with E-state index in [2.05, 4.69) is 43.4 Å². The lowest BCUT2D eigenvalue weighted by Crippen LogP contribution is -2.17. The van der Waals surface area contributed by atoms with E-state index in [1.54, 1.807) is 0 Å². The molecule has 0 heterocycles. The fourth-order valence-corrected chi connectivity index (χ4v) is 2.51. The van der Waals surface area contributed by atoms with Crippen LogP contribution < -0.4 is 5.32 Å². The van der Waals surface area contributed by atoms with E-state index in [4.69, 9.17) is 0 Å². The second-order valence-electron chi connectivity index (χ2n) is 5.07. The Kier molecular flexibility index (Phi) is 3.45. The van der Waals surface area contributed by atoms with Crippen molar-refractivity contribution in [3.8, 4) is 0 Å². The van der Waals surface area contributed by atoms with Gasteiger partial charge in [-0.1, -0.05) is 36.8 Å². The molecule has 0 bridgehead atoms. The number of nitrogens with one attached hydrogen (secondary N) is 1. The standard InChI is InChI=1S/C15H21N/c1-11-7-14-5-4-13(9-15(14)8-11)6-12(2)10-16-3/h4-5,8-9,12,16H,6-7,10H2,1-3H3. The van der Waals surface area contributed by atoms with Crippen LogP contribution in [0.4, 0.5) is 0 Å². The third-order valence-electron chi connectivity index (χ3n) is 3.22. The van der Waals surface area contributed by atoms with Gasteiger partial charge >= 0.3 is 0 Å². The van der Waals surface area contributed by atoms with E-state index >= 15 is 0 Å². The molecule has 0 fully saturated rings. The normalized spacial score (nSPS) is 15.8. The average Bonchev–Trinajstić information content (AvgIpc) is 2.57. The van der Waals surface area contributed by atoms with Crippen LogP contribution >= 0.6 is 0 Å². The summed E-state index contributed by atoms with van der Waals surface area (Å²) in [4.78, 5) is 0. The summed E-state index contributed by atoms with van der Waals surface area (Å²) in [5, 5.41) is 3.24. The van der Waals surface area contributed by atoms with Crippen LogP contribution in [0.15, 0.2) is 23.8 Å². The van der Waals surface area contributed by atoms with Crippen molar-refractivity contribution in [2.75, 3.05) is 13.6 Å². The van der Waals surface area contributed by atoms with Gasteiger partial charge in [0.25, 0.3) is 0 Å². The van der Waals surface area contributed by atoms with Crippen molar-refractivity contribution in [3.63, 3.8) is 0 Å². The SMILES string of the molecule is CNCC(C)Cc1ccc2c(c1)C=C(C)C2. The molecule has 1 atom stereocenters. The van der Waals surface area contributed by atoms with Gasteiger partial charge in [-0.2, -0.15) is 0 Å². The van der Waals surface area contributed by atoms with Gasteiger partial charge in [0.15, 0.2) is 0 Å². The number of hydrogen-bond donors (Lipinski definition) is 1. The molecule has 0 spiro atoms. The van der Waals surface area contributed by atoms with Crippen LogP contribution in [-0.2, 0) is 12.8 Å². The maximum atomic E-state index is 3.24. The first kappa shape index (κ1) is 11.4. The number of fused-ring (bicyclic) bond motifs is 1. The van der Waals surface area contributed by atoms with E-state index < -0.39 is 0 Å². The Morgan fingerprint density at radius 1 is 1.38 bits per heavy atom. The van der Waals surface area contributed by atoms with Crippen LogP contribution in [0.2, 0.25) is 0 Å². The highest BCUT2D eigenvalue weighted by Gasteiger charge is 2.10. The van der Waals surface area contributed by atoms with Gasteiger partial charge in [-0.25, -0.2) is 0 Å². The fourth-order valence-electron chi connectivity index (χ4n) is 2.51. The maximum absolute atomic E-state index is 3.24. The molecule has 1 aromatic carbocycles. The zero-order valence-corrected chi connectivity index (χ0v) is 10.5. The molecule has 1 aliphatic carbocycles. The zero-order chi connectivity index (χ0) is 11.5. The van der Waals surface area contributed by atoms with Gasteiger partial charge in [-0.3, -0.25) is 0 Å². The summed E-state index contributed by atoms with van der Waals surface area (Å²) in [6.07, 6.45) is 4.63. The van der Waals surface area contributed by atoms with Crippen molar-refractivity contribution in [3.05, 3.63) is 40.5 Å². The monoisotopic (exact) mass is 215 g/mol. The third kappa shape index (κ3) is 2.53. The maximum Gasteiger partial charge on any atom is -0.00230 e. The quantitative estimate of drug-likeness (QED) is 0.814. The highest BCUT2D eigenvalue weighted by Crippen LogP contribution is 2.26. The van der Waals surface area contributed by atoms with Gasteiger partial charge in [0.1, 0.15) is 0 Å². The van der Waals surface area contributed by atoms with Gasteiger partial charge in [0.2, 0.25) is 0 Å². The van der Waals surface area contributed by atoms with E-state index in [-0.39, 0.29) is 0 Å². The summed E-state index contributed by atoms with van der Waals surface area (Å²) in [5.74, 6) is 0.703. The lowest BCUT2D eigenvalue weighted by molar-refractivity contribution is 0.542. The Morgan fingerprint density at radius 3 is 2.94 bits per heavy atom. The Labute approximate surface area is 98.6 Å². The van der Waals surface area contributed by atoms with Crippen molar-refractivity contribution in [2.24, 2.45) is 5.92 Å². The number of hydrogen-bond acceptors (Lipinski definition) is 1. The molecule has 16 heavy (non-hydrogen) atoms. The van der Waals surface area contributed by atoms with Gasteiger partial charge in [-0.15, -0.1) is 0 Å². The lowest BCUT2D eigenvalue weighted by Gasteiger charge is -2.11. The molecule has 2 rings (SSSR count). The molecule has 0 aliphatic heterocycles. The van der Waals surface area contributed by atoms with Crippen molar-refractivity contribution in [1.29, 1.82) is 0 Å². The smallest absolute Gasteiger partial charge is 0.00230 e. The first-order chi connectivity index (χ1) is 7.69. The van der Waals surface area contributed by atoms with E-state index in [0.717, 1.165) is 13.0 Å². The Bertz CT molecular complexity index is 404. The number of rotatable bonds is 4. The van der Waals surface area contributed by atoms with Crippen LogP contribution in [0.1, 0.15) is 30.5 Å². The number of allylic oxidation sites excluding steroid dienone is 1. The molecule has 0 amide bonds. The van der Waals surface area contributed by atoms with Crippen molar-refractivity contribution in [2.45, 2.75) is 26.7 Å². The summed E-state index contributed by atoms with van der Waals surface area (Å²) in [6.45, 7) is 5.60. The van der Waals surface area contributed by atoms with E-state index in [9.17, 15) is 0 Å². The summed E-state index contributed by atoms with van der Waals surface area (Å²) < 4.78 is 0. The van der Waals surface area contributed by atoms with Crippen molar-refractivity contribution >= 4 is 6.08 Å². The highest BCUT2D eigenvalue weighted by molar-refractivity contribution is 5.63. The van der Waals surface area contributed by atoms with E-state index in [0.29, 0.717) is 5.92 Å². The summed E-state index contributed by atoms with van der Waals surface area (Å²) in [6, 6.07) is 6.94. The minimum absolute atomic E-state index is 0.703. The third-order valence-corrected chi connectivity index (χ3v) is 3.22. The number of benzene rings is 1. The lowest BCUT2D eigenvalue weighted by atomic mass is 9.98. The molecule has 86 valence electrons. The molecular formula is C15H21N. The predicted octanol–water partition coefficient (Wildman–Crippen LogP) is 3.04. The minimum atomic E-state index is 0.703. The zero-order valence-electron chi connectivity index (χ0n) is 10.5. The molecular weight excluding hydrogens is 194 g/mol. The molecule has 1 aliphatic rings. The summed E-state index contributed by atoms with van der Waals surface area (Å²) in [5.41, 5.74) is 5.87. The summed E-state index contributed by atoms with van der Waals surface area (Å²) >= 11 is 0. The molecule has 0 saturated heterocycles. The van der Waals surface area contributed by atoms with Gasteiger partial charge < -0.3 is 5.32 Å². The van der Waals surface area contributed by atoms with Crippen LogP contribution in [0.5, 0.6) is 0 Å². The fraction of sp³-hybridized carbons (Fsp3) is 0.467. The molecule has 1 heteroatoms. The summed E-state index contributed by atoms with van der Waals surface area (Å²) in [7, 11) is 2.02. The molecule has 0 radical (unpaired) electrons. The molecule has 0 aromatic heterocycles. The Hall–Kier alpha value is -1.08. The second kappa shape index (κ2) is 4.84. The van der Waals surface area contributed by atoms with Crippen molar-refractivity contribution < 1.29 is 0 Å². The Morgan fingerprint density at radius 2 is 2.19 bits per heavy atom. The van der Waals surface area contributed by atoms with Gasteiger partial charge in [0.05, 0.1) is 0 Å². The predicted molar refractivity (Wildman–Crippen MR) is 70.6 cm³/mol. The highest BCUT2D eigenvalue weighted by atomic mass is 14.8. The van der Waals surface area contributed by atoms with Gasteiger partial charge in [0, 0.05) is 0 Å². The first-order valence-corrected chi connectivity index (χ1v) is 6.12. The van der Waals surface area contributed by atoms with Crippen LogP contribution in [-0.4, -0.2) is 13.6 Å². The van der Waals surface area contributed by atoms with Crippen molar-refractivity contribution in [1.82, 2.24) is 5.32 Å². The molecule has 0 saturated carbocycles. The Balaban J connectivity index is 2.10. The van der Waals surface area contributed by atoms with E-state index in [1.807, 2.05) is 7.05 Å².